The highest BCUT2D eigenvalue weighted by molar-refractivity contribution is 6.31. The van der Waals surface area contributed by atoms with Crippen LogP contribution in [0.1, 0.15) is 40.4 Å². The SMILES string of the molecule is O=C1Nc2cc(Cl)ccc2C1C1CCN(C(=O)c2cc(-c3ccncc3)n(-c3ccc(C(F)(F)F)cc3)n2)CC1. The van der Waals surface area contributed by atoms with Gasteiger partial charge in [0.25, 0.3) is 5.91 Å². The van der Waals surface area contributed by atoms with Gasteiger partial charge in [-0.2, -0.15) is 18.3 Å². The highest BCUT2D eigenvalue weighted by Gasteiger charge is 2.39. The second-order valence-corrected chi connectivity index (χ2v) is 10.4. The van der Waals surface area contributed by atoms with Gasteiger partial charge in [0.15, 0.2) is 5.69 Å². The minimum atomic E-state index is -4.46. The number of nitrogens with one attached hydrogen (secondary N) is 1. The van der Waals surface area contributed by atoms with E-state index < -0.39 is 11.7 Å². The summed E-state index contributed by atoms with van der Waals surface area (Å²) in [5.74, 6) is -0.549. The van der Waals surface area contributed by atoms with E-state index in [4.69, 9.17) is 11.6 Å². The smallest absolute Gasteiger partial charge is 0.337 e. The number of carbonyl (C=O) groups is 2. The van der Waals surface area contributed by atoms with E-state index in [0.29, 0.717) is 47.9 Å². The molecule has 0 aliphatic carbocycles. The summed E-state index contributed by atoms with van der Waals surface area (Å²) in [5.41, 5.74) is 2.74. The standard InChI is InChI=1S/C29H23ClF3N5O2/c30-20-3-6-22-23(15-20)35-27(39)26(22)18-9-13-37(14-10-18)28(40)24-16-25(17-7-11-34-12-8-17)38(36-24)21-4-1-19(2-5-21)29(31,32)33/h1-8,11-12,15-16,18,26H,9-10,13-14H2,(H,35,39). The Hall–Kier alpha value is -4.18. The Morgan fingerprint density at radius 2 is 1.68 bits per heavy atom. The minimum absolute atomic E-state index is 0.0562. The van der Waals surface area contributed by atoms with Gasteiger partial charge in [0, 0.05) is 41.8 Å². The number of hydrogen-bond acceptors (Lipinski definition) is 4. The van der Waals surface area contributed by atoms with Crippen molar-refractivity contribution in [2.45, 2.75) is 24.9 Å². The average molecular weight is 566 g/mol. The first-order valence-corrected chi connectivity index (χ1v) is 13.1. The molecule has 6 rings (SSSR count). The summed E-state index contributed by atoms with van der Waals surface area (Å²) in [4.78, 5) is 32.0. The van der Waals surface area contributed by atoms with Crippen LogP contribution in [0.5, 0.6) is 0 Å². The van der Waals surface area contributed by atoms with Crippen molar-refractivity contribution in [3.63, 3.8) is 0 Å². The van der Waals surface area contributed by atoms with E-state index in [2.05, 4.69) is 15.4 Å². The van der Waals surface area contributed by atoms with Crippen molar-refractivity contribution >= 4 is 29.1 Å². The number of nitrogens with zero attached hydrogens (tertiary/aromatic N) is 4. The van der Waals surface area contributed by atoms with Gasteiger partial charge in [-0.3, -0.25) is 14.6 Å². The summed E-state index contributed by atoms with van der Waals surface area (Å²) < 4.78 is 40.8. The van der Waals surface area contributed by atoms with E-state index in [-0.39, 0.29) is 29.3 Å². The maximum Gasteiger partial charge on any atom is 0.416 e. The Morgan fingerprint density at radius 3 is 2.35 bits per heavy atom. The molecule has 0 spiro atoms. The van der Waals surface area contributed by atoms with E-state index in [1.54, 1.807) is 47.6 Å². The van der Waals surface area contributed by atoms with Crippen molar-refractivity contribution in [2.24, 2.45) is 5.92 Å². The molecule has 11 heteroatoms. The molecule has 2 aromatic carbocycles. The Bertz CT molecular complexity index is 1580. The Balaban J connectivity index is 1.24. The fraction of sp³-hybridized carbons (Fsp3) is 0.241. The molecule has 1 N–H and O–H groups in total. The average Bonchev–Trinajstić information content (AvgIpc) is 3.53. The molecule has 1 atom stereocenters. The number of rotatable bonds is 4. The minimum Gasteiger partial charge on any atom is -0.337 e. The molecule has 4 heterocycles. The topological polar surface area (TPSA) is 80.1 Å². The normalized spacial score (nSPS) is 17.6. The number of aromatic nitrogens is 3. The van der Waals surface area contributed by atoms with E-state index in [9.17, 15) is 22.8 Å². The molecule has 4 aromatic rings. The highest BCUT2D eigenvalue weighted by Crippen LogP contribution is 2.42. The summed E-state index contributed by atoms with van der Waals surface area (Å²) in [6.07, 6.45) is 0.0114. The maximum atomic E-state index is 13.5. The summed E-state index contributed by atoms with van der Waals surface area (Å²) in [7, 11) is 0. The van der Waals surface area contributed by atoms with Crippen LogP contribution in [0.2, 0.25) is 5.02 Å². The van der Waals surface area contributed by atoms with Gasteiger partial charge in [-0.1, -0.05) is 17.7 Å². The Labute approximate surface area is 232 Å². The van der Waals surface area contributed by atoms with Crippen LogP contribution in [0.4, 0.5) is 18.9 Å². The number of likely N-dealkylation sites (tertiary alicyclic amines) is 1. The maximum absolute atomic E-state index is 13.5. The monoisotopic (exact) mass is 565 g/mol. The van der Waals surface area contributed by atoms with Crippen molar-refractivity contribution in [2.75, 3.05) is 18.4 Å². The molecule has 7 nitrogen and oxygen atoms in total. The molecular weight excluding hydrogens is 543 g/mol. The number of halogens is 4. The molecule has 2 amide bonds. The molecule has 0 radical (unpaired) electrons. The van der Waals surface area contributed by atoms with Crippen molar-refractivity contribution < 1.29 is 22.8 Å². The van der Waals surface area contributed by atoms with Crippen LogP contribution < -0.4 is 5.32 Å². The van der Waals surface area contributed by atoms with Crippen molar-refractivity contribution in [3.05, 3.63) is 94.9 Å². The molecule has 1 unspecified atom stereocenters. The lowest BCUT2D eigenvalue weighted by Gasteiger charge is -2.33. The van der Waals surface area contributed by atoms with Gasteiger partial charge in [-0.05, 0) is 78.9 Å². The zero-order valence-electron chi connectivity index (χ0n) is 21.0. The van der Waals surface area contributed by atoms with Crippen LogP contribution in [0.25, 0.3) is 16.9 Å². The molecule has 0 saturated carbocycles. The van der Waals surface area contributed by atoms with E-state index >= 15 is 0 Å². The first kappa shape index (κ1) is 26.1. The van der Waals surface area contributed by atoms with Crippen LogP contribution in [0.15, 0.2) is 73.1 Å². The summed E-state index contributed by atoms with van der Waals surface area (Å²) in [6.45, 7) is 0.905. The zero-order valence-corrected chi connectivity index (χ0v) is 21.8. The van der Waals surface area contributed by atoms with E-state index in [1.165, 1.54) is 16.8 Å². The molecular formula is C29H23ClF3N5O2. The predicted octanol–water partition coefficient (Wildman–Crippen LogP) is 6.19. The van der Waals surface area contributed by atoms with E-state index in [1.807, 2.05) is 6.07 Å². The fourth-order valence-electron chi connectivity index (χ4n) is 5.53. The molecule has 2 aliphatic heterocycles. The van der Waals surface area contributed by atoms with Gasteiger partial charge in [-0.25, -0.2) is 4.68 Å². The molecule has 2 aliphatic rings. The molecule has 2 aromatic heterocycles. The first-order valence-electron chi connectivity index (χ1n) is 12.8. The van der Waals surface area contributed by atoms with Crippen molar-refractivity contribution in [1.82, 2.24) is 19.7 Å². The number of carbonyl (C=O) groups excluding carboxylic acids is 2. The third kappa shape index (κ3) is 4.83. The third-order valence-electron chi connectivity index (χ3n) is 7.53. The van der Waals surface area contributed by atoms with Gasteiger partial charge in [0.2, 0.25) is 5.91 Å². The van der Waals surface area contributed by atoms with Crippen molar-refractivity contribution in [3.8, 4) is 16.9 Å². The second-order valence-electron chi connectivity index (χ2n) is 9.94. The van der Waals surface area contributed by atoms with Gasteiger partial charge in [0.1, 0.15) is 0 Å². The van der Waals surface area contributed by atoms with E-state index in [0.717, 1.165) is 23.4 Å². The lowest BCUT2D eigenvalue weighted by molar-refractivity contribution is -0.137. The number of pyridine rings is 1. The van der Waals surface area contributed by atoms with Crippen LogP contribution in [0, 0.1) is 5.92 Å². The number of anilines is 1. The molecule has 40 heavy (non-hydrogen) atoms. The first-order chi connectivity index (χ1) is 19.2. The third-order valence-corrected chi connectivity index (χ3v) is 7.77. The number of hydrogen-bond donors (Lipinski definition) is 1. The second kappa shape index (κ2) is 10.1. The number of amides is 2. The Morgan fingerprint density at radius 1 is 0.975 bits per heavy atom. The number of benzene rings is 2. The largest absolute Gasteiger partial charge is 0.416 e. The fourth-order valence-corrected chi connectivity index (χ4v) is 5.70. The van der Waals surface area contributed by atoms with Gasteiger partial charge in [-0.15, -0.1) is 0 Å². The number of alkyl halides is 3. The number of piperidine rings is 1. The molecule has 204 valence electrons. The Kier molecular flexibility index (Phi) is 6.58. The summed E-state index contributed by atoms with van der Waals surface area (Å²) in [6, 6.07) is 15.2. The van der Waals surface area contributed by atoms with Crippen molar-refractivity contribution in [1.29, 1.82) is 0 Å². The van der Waals surface area contributed by atoms with Crippen LogP contribution >= 0.6 is 11.6 Å². The van der Waals surface area contributed by atoms with Gasteiger partial charge in [0.05, 0.1) is 22.9 Å². The van der Waals surface area contributed by atoms with Gasteiger partial charge >= 0.3 is 6.18 Å². The summed E-state index contributed by atoms with van der Waals surface area (Å²) in [5, 5.41) is 7.99. The van der Waals surface area contributed by atoms with Crippen LogP contribution in [-0.2, 0) is 11.0 Å². The molecule has 1 fully saturated rings. The lowest BCUT2D eigenvalue weighted by Crippen LogP contribution is -2.40. The van der Waals surface area contributed by atoms with Crippen LogP contribution in [-0.4, -0.2) is 44.6 Å². The highest BCUT2D eigenvalue weighted by atomic mass is 35.5. The van der Waals surface area contributed by atoms with Gasteiger partial charge < -0.3 is 10.2 Å². The quantitative estimate of drug-likeness (QED) is 0.320. The lowest BCUT2D eigenvalue weighted by atomic mass is 9.80. The summed E-state index contributed by atoms with van der Waals surface area (Å²) >= 11 is 6.08. The predicted molar refractivity (Wildman–Crippen MR) is 143 cm³/mol. The number of fused-ring (bicyclic) bond motifs is 1. The zero-order chi connectivity index (χ0) is 28.0. The molecule has 0 bridgehead atoms. The van der Waals surface area contributed by atoms with Crippen LogP contribution in [0.3, 0.4) is 0 Å². The molecule has 1 saturated heterocycles.